The van der Waals surface area contributed by atoms with E-state index in [0.717, 1.165) is 0 Å². The number of nitrogens with two attached hydrogens (primary N) is 1. The van der Waals surface area contributed by atoms with Crippen molar-refractivity contribution in [2.45, 2.75) is 38.6 Å². The second-order valence-electron chi connectivity index (χ2n) is 3.19. The highest BCUT2D eigenvalue weighted by Crippen LogP contribution is 2.55. The maximum Gasteiger partial charge on any atom is 0.415 e. The standard InChI is InChI=1S/C8H17F3NO3P/c1-3-5-14-16(13,15-6-4-2)7(12)8(9,10)11/h7H,3-6,12H2,1-2H3/t7-/m0/s1. The highest BCUT2D eigenvalue weighted by atomic mass is 31.2. The van der Waals surface area contributed by atoms with Crippen molar-refractivity contribution in [1.29, 1.82) is 0 Å². The molecule has 0 saturated heterocycles. The molecule has 0 amide bonds. The van der Waals surface area contributed by atoms with Crippen LogP contribution in [0.4, 0.5) is 13.2 Å². The Morgan fingerprint density at radius 1 is 1.19 bits per heavy atom. The molecular weight excluding hydrogens is 246 g/mol. The lowest BCUT2D eigenvalue weighted by Crippen LogP contribution is -2.38. The topological polar surface area (TPSA) is 61.5 Å². The summed E-state index contributed by atoms with van der Waals surface area (Å²) in [7, 11) is -4.31. The van der Waals surface area contributed by atoms with Gasteiger partial charge in [-0.2, -0.15) is 13.2 Å². The molecule has 0 aliphatic carbocycles. The fourth-order valence-corrected chi connectivity index (χ4v) is 2.44. The summed E-state index contributed by atoms with van der Waals surface area (Å²) < 4.78 is 58.1. The molecule has 0 aliphatic rings. The molecule has 2 N–H and O–H groups in total. The molecule has 0 aromatic rings. The van der Waals surface area contributed by atoms with Gasteiger partial charge in [-0.25, -0.2) is 0 Å². The summed E-state index contributed by atoms with van der Waals surface area (Å²) in [6, 6.07) is 0. The van der Waals surface area contributed by atoms with E-state index in [0.29, 0.717) is 12.8 Å². The average molecular weight is 263 g/mol. The fourth-order valence-electron chi connectivity index (χ4n) is 0.814. The highest BCUT2D eigenvalue weighted by Gasteiger charge is 2.51. The van der Waals surface area contributed by atoms with Gasteiger partial charge >= 0.3 is 13.8 Å². The van der Waals surface area contributed by atoms with Gasteiger partial charge in [0, 0.05) is 0 Å². The minimum absolute atomic E-state index is 0.0786. The average Bonchev–Trinajstić information content (AvgIpc) is 2.21. The lowest BCUT2D eigenvalue weighted by Gasteiger charge is -2.25. The summed E-state index contributed by atoms with van der Waals surface area (Å²) >= 11 is 0. The third kappa shape index (κ3) is 4.82. The van der Waals surface area contributed by atoms with Crippen molar-refractivity contribution in [2.75, 3.05) is 13.2 Å². The van der Waals surface area contributed by atoms with Crippen molar-refractivity contribution < 1.29 is 26.8 Å². The van der Waals surface area contributed by atoms with Crippen LogP contribution in [-0.4, -0.2) is 25.2 Å². The van der Waals surface area contributed by atoms with E-state index in [2.05, 4.69) is 9.05 Å². The number of hydrogen-bond donors (Lipinski definition) is 1. The van der Waals surface area contributed by atoms with Crippen LogP contribution in [0.2, 0.25) is 0 Å². The third-order valence-electron chi connectivity index (χ3n) is 1.63. The zero-order valence-electron chi connectivity index (χ0n) is 9.29. The van der Waals surface area contributed by atoms with Crippen LogP contribution in [0, 0.1) is 0 Å². The summed E-state index contributed by atoms with van der Waals surface area (Å²) in [5, 5.41) is 0. The van der Waals surface area contributed by atoms with E-state index in [-0.39, 0.29) is 13.2 Å². The highest BCUT2D eigenvalue weighted by molar-refractivity contribution is 7.54. The van der Waals surface area contributed by atoms with Crippen LogP contribution in [0.3, 0.4) is 0 Å². The first-order valence-electron chi connectivity index (χ1n) is 4.99. The smallest absolute Gasteiger partial charge is 0.310 e. The van der Waals surface area contributed by atoms with Crippen LogP contribution in [0.25, 0.3) is 0 Å². The fraction of sp³-hybridized carbons (Fsp3) is 1.00. The number of alkyl halides is 3. The molecule has 0 unspecified atom stereocenters. The molecule has 98 valence electrons. The van der Waals surface area contributed by atoms with Crippen molar-refractivity contribution in [3.8, 4) is 0 Å². The second-order valence-corrected chi connectivity index (χ2v) is 5.35. The van der Waals surface area contributed by atoms with E-state index in [9.17, 15) is 17.7 Å². The summed E-state index contributed by atoms with van der Waals surface area (Å²) in [5.41, 5.74) is 4.87. The summed E-state index contributed by atoms with van der Waals surface area (Å²) in [6.45, 7) is 3.21. The predicted octanol–water partition coefficient (Wildman–Crippen LogP) is 2.88. The normalized spacial score (nSPS) is 15.1. The Bertz CT molecular complexity index is 235. The molecule has 16 heavy (non-hydrogen) atoms. The van der Waals surface area contributed by atoms with Gasteiger partial charge < -0.3 is 14.8 Å². The van der Waals surface area contributed by atoms with Gasteiger partial charge in [-0.05, 0) is 12.8 Å². The summed E-state index contributed by atoms with van der Waals surface area (Å²) in [4.78, 5) is 0. The maximum absolute atomic E-state index is 12.3. The minimum atomic E-state index is -4.79. The molecule has 0 saturated carbocycles. The molecule has 0 fully saturated rings. The molecule has 0 aromatic carbocycles. The first-order chi connectivity index (χ1) is 7.28. The van der Waals surface area contributed by atoms with Gasteiger partial charge in [0.05, 0.1) is 13.2 Å². The molecule has 0 bridgehead atoms. The third-order valence-corrected chi connectivity index (χ3v) is 3.69. The molecule has 0 aromatic heterocycles. The minimum Gasteiger partial charge on any atom is -0.310 e. The van der Waals surface area contributed by atoms with E-state index >= 15 is 0 Å². The summed E-state index contributed by atoms with van der Waals surface area (Å²) in [6.07, 6.45) is -3.93. The molecule has 0 heterocycles. The zero-order valence-corrected chi connectivity index (χ0v) is 10.2. The van der Waals surface area contributed by atoms with Crippen molar-refractivity contribution in [3.05, 3.63) is 0 Å². The van der Waals surface area contributed by atoms with Crippen molar-refractivity contribution in [2.24, 2.45) is 5.73 Å². The Hall–Kier alpha value is -0.100. The van der Waals surface area contributed by atoms with Gasteiger partial charge in [0.2, 0.25) is 5.78 Å². The van der Waals surface area contributed by atoms with E-state index in [1.807, 2.05) is 0 Å². The number of rotatable bonds is 7. The lowest BCUT2D eigenvalue weighted by molar-refractivity contribution is -0.134. The van der Waals surface area contributed by atoms with E-state index in [4.69, 9.17) is 5.73 Å². The Labute approximate surface area is 92.8 Å². The van der Waals surface area contributed by atoms with Crippen molar-refractivity contribution in [3.63, 3.8) is 0 Å². The zero-order chi connectivity index (χ0) is 12.8. The first-order valence-corrected chi connectivity index (χ1v) is 6.60. The molecule has 8 heteroatoms. The van der Waals surface area contributed by atoms with Crippen molar-refractivity contribution >= 4 is 7.60 Å². The van der Waals surface area contributed by atoms with Crippen LogP contribution in [-0.2, 0) is 13.6 Å². The van der Waals surface area contributed by atoms with Crippen LogP contribution in [0.5, 0.6) is 0 Å². The molecule has 0 rings (SSSR count). The van der Waals surface area contributed by atoms with Crippen LogP contribution < -0.4 is 5.73 Å². The van der Waals surface area contributed by atoms with Gasteiger partial charge in [0.15, 0.2) is 0 Å². The Kier molecular flexibility index (Phi) is 6.55. The van der Waals surface area contributed by atoms with Crippen molar-refractivity contribution in [1.82, 2.24) is 0 Å². The lowest BCUT2D eigenvalue weighted by atomic mass is 10.5. The Morgan fingerprint density at radius 2 is 1.56 bits per heavy atom. The largest absolute Gasteiger partial charge is 0.415 e. The van der Waals surface area contributed by atoms with Crippen LogP contribution in [0.15, 0.2) is 0 Å². The van der Waals surface area contributed by atoms with E-state index < -0.39 is 19.6 Å². The van der Waals surface area contributed by atoms with Crippen LogP contribution >= 0.6 is 7.60 Å². The quantitative estimate of drug-likeness (QED) is 0.717. The molecule has 4 nitrogen and oxygen atoms in total. The predicted molar refractivity (Wildman–Crippen MR) is 54.1 cm³/mol. The van der Waals surface area contributed by atoms with Gasteiger partial charge in [-0.1, -0.05) is 13.8 Å². The molecule has 0 aliphatic heterocycles. The van der Waals surface area contributed by atoms with Gasteiger partial charge in [-0.15, -0.1) is 0 Å². The maximum atomic E-state index is 12.3. The Morgan fingerprint density at radius 3 is 1.81 bits per heavy atom. The van der Waals surface area contributed by atoms with Gasteiger partial charge in [0.1, 0.15) is 0 Å². The monoisotopic (exact) mass is 263 g/mol. The molecular formula is C8H17F3NO3P. The van der Waals surface area contributed by atoms with E-state index in [1.54, 1.807) is 13.8 Å². The van der Waals surface area contributed by atoms with Crippen LogP contribution in [0.1, 0.15) is 26.7 Å². The molecule has 1 atom stereocenters. The van der Waals surface area contributed by atoms with Gasteiger partial charge in [-0.3, -0.25) is 4.57 Å². The number of halogens is 3. The molecule has 0 radical (unpaired) electrons. The Balaban J connectivity index is 4.70. The SMILES string of the molecule is CCCOP(=O)(OCCC)[C@H](N)C(F)(F)F. The van der Waals surface area contributed by atoms with Gasteiger partial charge in [0.25, 0.3) is 0 Å². The van der Waals surface area contributed by atoms with E-state index in [1.165, 1.54) is 0 Å². The second kappa shape index (κ2) is 6.59. The summed E-state index contributed by atoms with van der Waals surface area (Å²) in [5.74, 6) is -2.59. The molecule has 0 spiro atoms. The first kappa shape index (κ1) is 15.9. The number of hydrogen-bond acceptors (Lipinski definition) is 4.